The van der Waals surface area contributed by atoms with Crippen molar-refractivity contribution in [3.05, 3.63) is 17.1 Å². The van der Waals surface area contributed by atoms with Gasteiger partial charge in [0.1, 0.15) is 0 Å². The molecule has 1 heterocycles. The molecule has 0 spiro atoms. The van der Waals surface area contributed by atoms with Gasteiger partial charge in [0.15, 0.2) is 0 Å². The van der Waals surface area contributed by atoms with Crippen molar-refractivity contribution in [1.82, 2.24) is 4.98 Å². The topological polar surface area (TPSA) is 12.9 Å². The first-order valence-electron chi connectivity index (χ1n) is 4.32. The van der Waals surface area contributed by atoms with E-state index in [9.17, 15) is 0 Å². The minimum atomic E-state index is 1.50. The summed E-state index contributed by atoms with van der Waals surface area (Å²) in [5.74, 6) is 0. The van der Waals surface area contributed by atoms with Gasteiger partial charge in [-0.25, -0.2) is 0 Å². The lowest BCUT2D eigenvalue weighted by molar-refractivity contribution is 0.504. The molecule has 1 saturated carbocycles. The molecule has 1 aromatic heterocycles. The van der Waals surface area contributed by atoms with E-state index in [2.05, 4.69) is 4.98 Å². The third-order valence-electron chi connectivity index (χ3n) is 1.85. The summed E-state index contributed by atoms with van der Waals surface area (Å²) in [5, 5.41) is 1.93. The van der Waals surface area contributed by atoms with Gasteiger partial charge in [0.25, 0.3) is 0 Å². The van der Waals surface area contributed by atoms with Crippen LogP contribution in [-0.2, 0) is 0 Å². The first kappa shape index (κ1) is 8.72. The second kappa shape index (κ2) is 6.35. The Morgan fingerprint density at radius 1 is 0.909 bits per heavy atom. The van der Waals surface area contributed by atoms with Crippen LogP contribution in [0.4, 0.5) is 0 Å². The second-order valence-corrected chi connectivity index (χ2v) is 3.55. The summed E-state index contributed by atoms with van der Waals surface area (Å²) in [4.78, 5) is 3.74. The van der Waals surface area contributed by atoms with Crippen LogP contribution in [0.5, 0.6) is 0 Å². The van der Waals surface area contributed by atoms with Crippen molar-refractivity contribution >= 4 is 11.3 Å². The highest BCUT2D eigenvalue weighted by molar-refractivity contribution is 7.07. The van der Waals surface area contributed by atoms with Crippen LogP contribution in [0.1, 0.15) is 38.5 Å². The summed E-state index contributed by atoms with van der Waals surface area (Å²) in [7, 11) is 0. The highest BCUT2D eigenvalue weighted by Crippen LogP contribution is 2.15. The molecule has 0 bridgehead atoms. The minimum absolute atomic E-state index is 1.50. The number of hydrogen-bond acceptors (Lipinski definition) is 2. The van der Waals surface area contributed by atoms with Crippen molar-refractivity contribution in [3.63, 3.8) is 0 Å². The maximum Gasteiger partial charge on any atom is 0.0791 e. The molecular weight excluding hydrogens is 154 g/mol. The monoisotopic (exact) mass is 169 g/mol. The van der Waals surface area contributed by atoms with Crippen molar-refractivity contribution in [2.45, 2.75) is 38.5 Å². The zero-order valence-electron chi connectivity index (χ0n) is 6.83. The Bertz CT molecular complexity index is 116. The van der Waals surface area contributed by atoms with Crippen molar-refractivity contribution < 1.29 is 0 Å². The van der Waals surface area contributed by atoms with Crippen molar-refractivity contribution in [2.24, 2.45) is 0 Å². The number of nitrogens with zero attached hydrogens (tertiary/aromatic N) is 1. The van der Waals surface area contributed by atoms with Crippen LogP contribution in [-0.4, -0.2) is 4.98 Å². The minimum Gasteiger partial charge on any atom is -0.253 e. The van der Waals surface area contributed by atoms with Crippen LogP contribution >= 0.6 is 11.3 Å². The van der Waals surface area contributed by atoms with Gasteiger partial charge in [-0.1, -0.05) is 38.5 Å². The van der Waals surface area contributed by atoms with Crippen LogP contribution < -0.4 is 0 Å². The van der Waals surface area contributed by atoms with Gasteiger partial charge in [-0.3, -0.25) is 4.98 Å². The van der Waals surface area contributed by atoms with E-state index in [1.54, 1.807) is 23.0 Å². The van der Waals surface area contributed by atoms with Crippen LogP contribution in [0.25, 0.3) is 0 Å². The molecule has 2 rings (SSSR count). The molecule has 2 heteroatoms. The molecule has 1 fully saturated rings. The summed E-state index contributed by atoms with van der Waals surface area (Å²) >= 11 is 1.60. The van der Waals surface area contributed by atoms with Gasteiger partial charge < -0.3 is 0 Å². The van der Waals surface area contributed by atoms with Gasteiger partial charge in [0.05, 0.1) is 5.51 Å². The molecule has 11 heavy (non-hydrogen) atoms. The maximum atomic E-state index is 3.74. The van der Waals surface area contributed by atoms with E-state index >= 15 is 0 Å². The standard InChI is InChI=1S/C6H12.C3H3NS/c1-2-4-6-5-3-1;1-2-5-3-4-1/h1-6H2;1-3H. The van der Waals surface area contributed by atoms with Crippen LogP contribution in [0.2, 0.25) is 0 Å². The molecule has 0 unspecified atom stereocenters. The Kier molecular flexibility index (Phi) is 5.03. The molecule has 0 atom stereocenters. The van der Waals surface area contributed by atoms with E-state index in [-0.39, 0.29) is 0 Å². The Balaban J connectivity index is 0.000000112. The fourth-order valence-electron chi connectivity index (χ4n) is 1.24. The summed E-state index contributed by atoms with van der Waals surface area (Å²) < 4.78 is 0. The van der Waals surface area contributed by atoms with Crippen molar-refractivity contribution in [2.75, 3.05) is 0 Å². The first-order chi connectivity index (χ1) is 5.50. The summed E-state index contributed by atoms with van der Waals surface area (Å²) in [6.45, 7) is 0. The summed E-state index contributed by atoms with van der Waals surface area (Å²) in [6.07, 6.45) is 10.8. The predicted octanol–water partition coefficient (Wildman–Crippen LogP) is 3.48. The molecule has 0 amide bonds. The quantitative estimate of drug-likeness (QED) is 0.579. The fourth-order valence-corrected chi connectivity index (χ4v) is 1.59. The number of thiazole rings is 1. The van der Waals surface area contributed by atoms with Gasteiger partial charge in [0.2, 0.25) is 0 Å². The van der Waals surface area contributed by atoms with Gasteiger partial charge in [-0.05, 0) is 0 Å². The second-order valence-electron chi connectivity index (χ2n) is 2.80. The van der Waals surface area contributed by atoms with Gasteiger partial charge in [-0.15, -0.1) is 11.3 Å². The fraction of sp³-hybridized carbons (Fsp3) is 0.667. The third kappa shape index (κ3) is 4.96. The largest absolute Gasteiger partial charge is 0.253 e. The van der Waals surface area contributed by atoms with E-state index in [4.69, 9.17) is 0 Å². The molecule has 1 aliphatic rings. The van der Waals surface area contributed by atoms with E-state index in [0.29, 0.717) is 0 Å². The zero-order valence-corrected chi connectivity index (χ0v) is 7.65. The normalized spacial score (nSPS) is 16.7. The van der Waals surface area contributed by atoms with Crippen LogP contribution in [0.15, 0.2) is 17.1 Å². The summed E-state index contributed by atoms with van der Waals surface area (Å²) in [6, 6.07) is 0. The molecule has 1 nitrogen and oxygen atoms in total. The van der Waals surface area contributed by atoms with Crippen molar-refractivity contribution in [3.8, 4) is 0 Å². The molecular formula is C9H15NS. The molecule has 1 aliphatic carbocycles. The van der Waals surface area contributed by atoms with Crippen LogP contribution in [0.3, 0.4) is 0 Å². The van der Waals surface area contributed by atoms with Gasteiger partial charge in [-0.2, -0.15) is 0 Å². The zero-order chi connectivity index (χ0) is 7.78. The molecule has 62 valence electrons. The summed E-state index contributed by atoms with van der Waals surface area (Å²) in [5.41, 5.74) is 1.79. The van der Waals surface area contributed by atoms with E-state index in [1.165, 1.54) is 38.5 Å². The number of hydrogen-bond donors (Lipinski definition) is 0. The molecule has 1 aromatic rings. The third-order valence-corrected chi connectivity index (χ3v) is 2.37. The van der Waals surface area contributed by atoms with Gasteiger partial charge in [0, 0.05) is 11.6 Å². The lowest BCUT2D eigenvalue weighted by Crippen LogP contribution is -1.85. The highest BCUT2D eigenvalue weighted by Gasteiger charge is 1.95. The lowest BCUT2D eigenvalue weighted by atomic mass is 10.0. The number of aromatic nitrogens is 1. The lowest BCUT2D eigenvalue weighted by Gasteiger charge is -2.05. The highest BCUT2D eigenvalue weighted by atomic mass is 32.1. The van der Waals surface area contributed by atoms with Crippen molar-refractivity contribution in [1.29, 1.82) is 0 Å². The molecule has 0 aliphatic heterocycles. The molecule has 0 saturated heterocycles. The smallest absolute Gasteiger partial charge is 0.0791 e. The number of rotatable bonds is 0. The van der Waals surface area contributed by atoms with E-state index in [0.717, 1.165) is 0 Å². The van der Waals surface area contributed by atoms with E-state index in [1.807, 2.05) is 5.38 Å². The Labute approximate surface area is 72.5 Å². The first-order valence-corrected chi connectivity index (χ1v) is 5.26. The molecule has 0 radical (unpaired) electrons. The Morgan fingerprint density at radius 2 is 1.45 bits per heavy atom. The SMILES string of the molecule is C1CCCCC1.c1cscn1. The van der Waals surface area contributed by atoms with Crippen LogP contribution in [0, 0.1) is 0 Å². The Morgan fingerprint density at radius 3 is 1.64 bits per heavy atom. The predicted molar refractivity (Wildman–Crippen MR) is 49.8 cm³/mol. The maximum absolute atomic E-state index is 3.74. The molecule has 0 aromatic carbocycles. The Hall–Kier alpha value is -0.370. The molecule has 0 N–H and O–H groups in total. The average molecular weight is 169 g/mol. The average Bonchev–Trinajstić information content (AvgIpc) is 2.64. The van der Waals surface area contributed by atoms with E-state index < -0.39 is 0 Å². The van der Waals surface area contributed by atoms with Gasteiger partial charge >= 0.3 is 0 Å².